The van der Waals surface area contributed by atoms with Gasteiger partial charge in [-0.3, -0.25) is 0 Å². The van der Waals surface area contributed by atoms with Crippen LogP contribution in [0.4, 0.5) is 24.7 Å². The molecule has 98 valence electrons. The fourth-order valence-corrected chi connectivity index (χ4v) is 1.27. The summed E-state index contributed by atoms with van der Waals surface area (Å²) in [6, 6.07) is 3.36. The molecule has 0 saturated carbocycles. The summed E-state index contributed by atoms with van der Waals surface area (Å²) in [4.78, 5) is 10.5. The Morgan fingerprint density at radius 3 is 2.32 bits per heavy atom. The van der Waals surface area contributed by atoms with Gasteiger partial charge in [0.2, 0.25) is 0 Å². The maximum absolute atomic E-state index is 13.3. The Hall–Kier alpha value is -2.64. The van der Waals surface area contributed by atoms with Crippen LogP contribution < -0.4 is 5.32 Å². The molecule has 2 rings (SSSR count). The van der Waals surface area contributed by atoms with Crippen LogP contribution in [0.5, 0.6) is 0 Å². The molecule has 0 radical (unpaired) electrons. The van der Waals surface area contributed by atoms with Crippen LogP contribution in [0, 0.1) is 17.5 Å². The van der Waals surface area contributed by atoms with Gasteiger partial charge < -0.3 is 10.4 Å². The second kappa shape index (κ2) is 4.92. The van der Waals surface area contributed by atoms with Crippen molar-refractivity contribution >= 4 is 17.5 Å². The Bertz CT molecular complexity index is 632. The number of anilines is 2. The van der Waals surface area contributed by atoms with E-state index in [0.717, 1.165) is 6.07 Å². The van der Waals surface area contributed by atoms with Gasteiger partial charge in [-0.25, -0.2) is 18.0 Å². The van der Waals surface area contributed by atoms with E-state index in [1.807, 2.05) is 0 Å². The molecule has 2 N–H and O–H groups in total. The van der Waals surface area contributed by atoms with Crippen LogP contribution in [0.1, 0.15) is 10.5 Å². The molecule has 0 spiro atoms. The summed E-state index contributed by atoms with van der Waals surface area (Å²) in [6.45, 7) is 0. The Morgan fingerprint density at radius 2 is 1.74 bits per heavy atom. The van der Waals surface area contributed by atoms with Gasteiger partial charge in [0.25, 0.3) is 0 Å². The first-order valence-corrected chi connectivity index (χ1v) is 4.96. The zero-order chi connectivity index (χ0) is 14.0. The number of nitrogens with one attached hydrogen (secondary N) is 1. The predicted octanol–water partition coefficient (Wildman–Crippen LogP) is 2.34. The number of carbonyl (C=O) groups is 1. The summed E-state index contributed by atoms with van der Waals surface area (Å²) in [5, 5.41) is 17.8. The van der Waals surface area contributed by atoms with Crippen LogP contribution in [0.15, 0.2) is 24.3 Å². The molecule has 1 heterocycles. The maximum Gasteiger partial charge on any atom is 0.356 e. The number of hydrogen-bond donors (Lipinski definition) is 2. The van der Waals surface area contributed by atoms with E-state index in [9.17, 15) is 18.0 Å². The predicted molar refractivity (Wildman–Crippen MR) is 58.6 cm³/mol. The highest BCUT2D eigenvalue weighted by Gasteiger charge is 2.11. The molecule has 2 aromatic rings. The summed E-state index contributed by atoms with van der Waals surface area (Å²) in [5.74, 6) is -4.81. The van der Waals surface area contributed by atoms with Crippen LogP contribution in [0.3, 0.4) is 0 Å². The van der Waals surface area contributed by atoms with Crippen molar-refractivity contribution in [3.05, 3.63) is 47.4 Å². The van der Waals surface area contributed by atoms with Crippen LogP contribution >= 0.6 is 0 Å². The lowest BCUT2D eigenvalue weighted by Crippen LogP contribution is -2.04. The standard InChI is InChI=1S/C11H6F3N3O2/c12-5-3-7(14)9(4-6(5)13)15-10-2-1-8(11(18)19)16-17-10/h1-4H,(H,15,17)(H,18,19). The summed E-state index contributed by atoms with van der Waals surface area (Å²) < 4.78 is 39.0. The van der Waals surface area contributed by atoms with Crippen LogP contribution in [0.25, 0.3) is 0 Å². The first kappa shape index (κ1) is 12.8. The molecule has 0 aliphatic heterocycles. The first-order chi connectivity index (χ1) is 8.97. The summed E-state index contributed by atoms with van der Waals surface area (Å²) in [5.41, 5.74) is -0.632. The topological polar surface area (TPSA) is 75.1 Å². The number of halogens is 3. The molecule has 0 atom stereocenters. The third-order valence-electron chi connectivity index (χ3n) is 2.16. The number of carboxylic acid groups (broad SMARTS) is 1. The van der Waals surface area contributed by atoms with Gasteiger partial charge >= 0.3 is 5.97 Å². The molecule has 1 aromatic heterocycles. The largest absolute Gasteiger partial charge is 0.476 e. The van der Waals surface area contributed by atoms with Gasteiger partial charge in [0, 0.05) is 12.1 Å². The van der Waals surface area contributed by atoms with E-state index >= 15 is 0 Å². The van der Waals surface area contributed by atoms with Crippen molar-refractivity contribution in [2.45, 2.75) is 0 Å². The highest BCUT2D eigenvalue weighted by Crippen LogP contribution is 2.21. The van der Waals surface area contributed by atoms with Crippen LogP contribution in [-0.2, 0) is 0 Å². The number of nitrogens with zero attached hydrogens (tertiary/aromatic N) is 2. The van der Waals surface area contributed by atoms with E-state index in [-0.39, 0.29) is 17.2 Å². The Kier molecular flexibility index (Phi) is 3.32. The highest BCUT2D eigenvalue weighted by molar-refractivity contribution is 5.85. The van der Waals surface area contributed by atoms with E-state index in [2.05, 4.69) is 15.5 Å². The molecular formula is C11H6F3N3O2. The zero-order valence-corrected chi connectivity index (χ0v) is 9.19. The first-order valence-electron chi connectivity index (χ1n) is 4.96. The number of rotatable bonds is 3. The molecule has 1 aromatic carbocycles. The van der Waals surface area contributed by atoms with Crippen molar-refractivity contribution in [3.8, 4) is 0 Å². The Morgan fingerprint density at radius 1 is 1.05 bits per heavy atom. The monoisotopic (exact) mass is 269 g/mol. The summed E-state index contributed by atoms with van der Waals surface area (Å²) >= 11 is 0. The maximum atomic E-state index is 13.3. The molecule has 0 aliphatic rings. The summed E-state index contributed by atoms with van der Waals surface area (Å²) in [7, 11) is 0. The molecular weight excluding hydrogens is 263 g/mol. The Balaban J connectivity index is 2.26. The lowest BCUT2D eigenvalue weighted by Gasteiger charge is -2.06. The van der Waals surface area contributed by atoms with E-state index < -0.39 is 23.4 Å². The molecule has 5 nitrogen and oxygen atoms in total. The van der Waals surface area contributed by atoms with Crippen molar-refractivity contribution in [1.82, 2.24) is 10.2 Å². The van der Waals surface area contributed by atoms with E-state index in [4.69, 9.17) is 5.11 Å². The fraction of sp³-hybridized carbons (Fsp3) is 0. The van der Waals surface area contributed by atoms with Gasteiger partial charge in [0.05, 0.1) is 5.69 Å². The third-order valence-corrected chi connectivity index (χ3v) is 2.16. The lowest BCUT2D eigenvalue weighted by molar-refractivity contribution is 0.0689. The minimum absolute atomic E-state index is 0.00471. The average molecular weight is 269 g/mol. The normalized spacial score (nSPS) is 10.3. The van der Waals surface area contributed by atoms with Crippen molar-refractivity contribution in [2.75, 3.05) is 5.32 Å². The summed E-state index contributed by atoms with van der Waals surface area (Å²) in [6.07, 6.45) is 0. The second-order valence-corrected chi connectivity index (χ2v) is 3.48. The van der Waals surface area contributed by atoms with E-state index in [0.29, 0.717) is 12.1 Å². The number of aromatic nitrogens is 2. The minimum atomic E-state index is -1.31. The third kappa shape index (κ3) is 2.79. The molecule has 0 saturated heterocycles. The Labute approximate surface area is 104 Å². The molecule has 0 aliphatic carbocycles. The average Bonchev–Trinajstić information content (AvgIpc) is 2.36. The second-order valence-electron chi connectivity index (χ2n) is 3.48. The van der Waals surface area contributed by atoms with E-state index in [1.54, 1.807) is 0 Å². The van der Waals surface area contributed by atoms with Crippen molar-refractivity contribution in [2.24, 2.45) is 0 Å². The molecule has 0 fully saturated rings. The molecule has 0 amide bonds. The zero-order valence-electron chi connectivity index (χ0n) is 9.19. The lowest BCUT2D eigenvalue weighted by atomic mass is 10.2. The van der Waals surface area contributed by atoms with Gasteiger partial charge in [-0.15, -0.1) is 10.2 Å². The fourth-order valence-electron chi connectivity index (χ4n) is 1.27. The highest BCUT2D eigenvalue weighted by atomic mass is 19.2. The van der Waals surface area contributed by atoms with Crippen molar-refractivity contribution in [1.29, 1.82) is 0 Å². The molecule has 19 heavy (non-hydrogen) atoms. The van der Waals surface area contributed by atoms with Gasteiger partial charge in [-0.1, -0.05) is 0 Å². The van der Waals surface area contributed by atoms with E-state index in [1.165, 1.54) is 6.07 Å². The van der Waals surface area contributed by atoms with Gasteiger partial charge in [-0.05, 0) is 12.1 Å². The number of hydrogen-bond acceptors (Lipinski definition) is 4. The van der Waals surface area contributed by atoms with Gasteiger partial charge in [-0.2, -0.15) is 0 Å². The van der Waals surface area contributed by atoms with Crippen LogP contribution in [0.2, 0.25) is 0 Å². The number of aromatic carboxylic acids is 1. The minimum Gasteiger partial charge on any atom is -0.476 e. The smallest absolute Gasteiger partial charge is 0.356 e. The SMILES string of the molecule is O=C(O)c1ccc(Nc2cc(F)c(F)cc2F)nn1. The van der Waals surface area contributed by atoms with Gasteiger partial charge in [0.15, 0.2) is 23.1 Å². The van der Waals surface area contributed by atoms with Gasteiger partial charge in [0.1, 0.15) is 5.82 Å². The molecule has 8 heteroatoms. The quantitative estimate of drug-likeness (QED) is 0.836. The molecule has 0 bridgehead atoms. The molecule has 0 unspecified atom stereocenters. The number of carboxylic acids is 1. The number of benzene rings is 1. The van der Waals surface area contributed by atoms with Crippen molar-refractivity contribution in [3.63, 3.8) is 0 Å². The van der Waals surface area contributed by atoms with Crippen molar-refractivity contribution < 1.29 is 23.1 Å². The van der Waals surface area contributed by atoms with Crippen LogP contribution in [-0.4, -0.2) is 21.3 Å².